The van der Waals surface area contributed by atoms with Crippen LogP contribution in [0.1, 0.15) is 10.4 Å². The number of nitrogens with zero attached hydrogens (tertiary/aromatic N) is 1. The fourth-order valence-corrected chi connectivity index (χ4v) is 4.14. The van der Waals surface area contributed by atoms with Gasteiger partial charge in [-0.3, -0.25) is 0 Å². The van der Waals surface area contributed by atoms with Crippen LogP contribution in [-0.4, -0.2) is 26.6 Å². The zero-order valence-electron chi connectivity index (χ0n) is 15.5. The molecule has 0 fully saturated rings. The third kappa shape index (κ3) is 4.62. The van der Waals surface area contributed by atoms with Gasteiger partial charge in [0, 0.05) is 5.02 Å². The number of halogens is 2. The summed E-state index contributed by atoms with van der Waals surface area (Å²) in [5.41, 5.74) is 0.121. The highest BCUT2D eigenvalue weighted by Gasteiger charge is 2.28. The molecule has 0 aliphatic carbocycles. The second kappa shape index (κ2) is 8.83. The molecule has 0 saturated carbocycles. The molecule has 0 heterocycles. The summed E-state index contributed by atoms with van der Waals surface area (Å²) >= 11 is 12.0. The molecule has 30 heavy (non-hydrogen) atoms. The van der Waals surface area contributed by atoms with Crippen molar-refractivity contribution >= 4 is 44.9 Å². The molecule has 0 atom stereocenters. The lowest BCUT2D eigenvalue weighted by atomic mass is 10.2. The second-order valence-corrected chi connectivity index (χ2v) is 8.52. The summed E-state index contributed by atoms with van der Waals surface area (Å²) in [6.45, 7) is 0. The van der Waals surface area contributed by atoms with E-state index in [1.54, 1.807) is 12.1 Å². The third-order valence-corrected chi connectivity index (χ3v) is 6.10. The summed E-state index contributed by atoms with van der Waals surface area (Å²) in [5, 5.41) is 9.51. The summed E-state index contributed by atoms with van der Waals surface area (Å²) in [6.07, 6.45) is 0. The number of benzene rings is 3. The maximum Gasteiger partial charge on any atom is 0.335 e. The quantitative estimate of drug-likeness (QED) is 0.497. The lowest BCUT2D eigenvalue weighted by Gasteiger charge is -2.24. The van der Waals surface area contributed by atoms with Crippen LogP contribution in [0.5, 0.6) is 11.5 Å². The van der Waals surface area contributed by atoms with Gasteiger partial charge < -0.3 is 14.7 Å². The Morgan fingerprint density at radius 1 is 0.967 bits per heavy atom. The molecule has 7 nitrogen and oxygen atoms in total. The lowest BCUT2D eigenvalue weighted by Crippen LogP contribution is -2.34. The van der Waals surface area contributed by atoms with Crippen molar-refractivity contribution in [2.75, 3.05) is 11.6 Å². The number of ether oxygens (including phenoxy) is 1. The molecule has 0 aromatic heterocycles. The molecular weight excluding hydrogens is 453 g/mol. The summed E-state index contributed by atoms with van der Waals surface area (Å²) in [5.74, 6) is -0.593. The normalized spacial score (nSPS) is 11.0. The Hall–Kier alpha value is -2.94. The smallest absolute Gasteiger partial charge is 0.335 e. The first-order valence-corrected chi connectivity index (χ1v) is 10.6. The summed E-state index contributed by atoms with van der Waals surface area (Å²) in [4.78, 5) is 16.5. The van der Waals surface area contributed by atoms with E-state index in [-0.39, 0.29) is 26.9 Å². The van der Waals surface area contributed by atoms with Gasteiger partial charge in [0.1, 0.15) is 5.75 Å². The fourth-order valence-electron chi connectivity index (χ4n) is 2.45. The predicted molar refractivity (Wildman–Crippen MR) is 113 cm³/mol. The van der Waals surface area contributed by atoms with Crippen LogP contribution in [0.3, 0.4) is 0 Å². The predicted octanol–water partition coefficient (Wildman–Crippen LogP) is 4.89. The van der Waals surface area contributed by atoms with Crippen LogP contribution in [0.2, 0.25) is 10.0 Å². The summed E-state index contributed by atoms with van der Waals surface area (Å²) in [6, 6.07) is 15.2. The number of aromatic carboxylic acids is 1. The minimum atomic E-state index is -4.26. The minimum Gasteiger partial charge on any atom is -0.497 e. The highest BCUT2D eigenvalue weighted by atomic mass is 35.5. The molecule has 3 aromatic rings. The van der Waals surface area contributed by atoms with Crippen molar-refractivity contribution in [1.29, 1.82) is 0 Å². The molecule has 0 unspecified atom stereocenters. The monoisotopic (exact) mass is 467 g/mol. The lowest BCUT2D eigenvalue weighted by molar-refractivity contribution is 0.0696. The van der Waals surface area contributed by atoms with Crippen LogP contribution >= 0.6 is 23.2 Å². The van der Waals surface area contributed by atoms with E-state index in [2.05, 4.69) is 0 Å². The number of carbonyl (C=O) groups is 1. The van der Waals surface area contributed by atoms with E-state index in [4.69, 9.17) is 37.9 Å². The molecule has 0 saturated heterocycles. The number of hydrogen-bond donors (Lipinski definition) is 1. The van der Waals surface area contributed by atoms with Crippen molar-refractivity contribution in [2.24, 2.45) is 0 Å². The Balaban J connectivity index is 2.07. The van der Waals surface area contributed by atoms with Gasteiger partial charge in [0.2, 0.25) is 0 Å². The maximum absolute atomic E-state index is 13.3. The molecule has 0 amide bonds. The highest BCUT2D eigenvalue weighted by Crippen LogP contribution is 2.32. The van der Waals surface area contributed by atoms with E-state index in [1.165, 1.54) is 61.7 Å². The van der Waals surface area contributed by atoms with Crippen molar-refractivity contribution in [3.8, 4) is 11.5 Å². The van der Waals surface area contributed by atoms with E-state index in [0.717, 1.165) is 0 Å². The van der Waals surface area contributed by atoms with Gasteiger partial charge in [0.15, 0.2) is 5.75 Å². The Labute approximate surface area is 183 Å². The standard InChI is InChI=1S/C20H15Cl2NO6S/c1-28-16-7-5-15(6-8-16)23(29-19-11-4-14(21)12-18(19)22)30(26,27)17-9-2-13(3-10-17)20(24)25/h2-12H,1H3,(H,24,25). The van der Waals surface area contributed by atoms with Crippen molar-refractivity contribution in [3.05, 3.63) is 82.3 Å². The number of carboxylic acid groups (broad SMARTS) is 1. The van der Waals surface area contributed by atoms with Gasteiger partial charge in [-0.25, -0.2) is 4.79 Å². The van der Waals surface area contributed by atoms with E-state index in [1.807, 2.05) is 0 Å². The van der Waals surface area contributed by atoms with E-state index < -0.39 is 16.0 Å². The first-order chi connectivity index (χ1) is 14.2. The molecule has 10 heteroatoms. The minimum absolute atomic E-state index is 0.0494. The molecule has 0 spiro atoms. The zero-order valence-corrected chi connectivity index (χ0v) is 17.8. The van der Waals surface area contributed by atoms with Gasteiger partial charge in [0.05, 0.1) is 28.3 Å². The summed E-state index contributed by atoms with van der Waals surface area (Å²) in [7, 11) is -2.77. The first kappa shape index (κ1) is 21.8. The van der Waals surface area contributed by atoms with Crippen LogP contribution in [0.25, 0.3) is 0 Å². The topological polar surface area (TPSA) is 93.1 Å². The van der Waals surface area contributed by atoms with Crippen LogP contribution in [-0.2, 0) is 10.0 Å². The average molecular weight is 468 g/mol. The molecule has 1 N–H and O–H groups in total. The number of methoxy groups -OCH3 is 1. The van der Waals surface area contributed by atoms with Crippen molar-refractivity contribution in [3.63, 3.8) is 0 Å². The highest BCUT2D eigenvalue weighted by molar-refractivity contribution is 7.92. The van der Waals surface area contributed by atoms with E-state index in [9.17, 15) is 13.2 Å². The molecular formula is C20H15Cl2NO6S. The molecule has 3 rings (SSSR count). The Morgan fingerprint density at radius 3 is 2.13 bits per heavy atom. The fraction of sp³-hybridized carbons (Fsp3) is 0.0500. The van der Waals surface area contributed by atoms with Gasteiger partial charge in [-0.05, 0) is 66.7 Å². The van der Waals surface area contributed by atoms with Gasteiger partial charge in [-0.2, -0.15) is 8.42 Å². The number of rotatable bonds is 7. The molecule has 0 aliphatic heterocycles. The third-order valence-electron chi connectivity index (χ3n) is 3.98. The number of hydrogen-bond acceptors (Lipinski definition) is 5. The Morgan fingerprint density at radius 2 is 1.60 bits per heavy atom. The number of anilines is 1. The van der Waals surface area contributed by atoms with Gasteiger partial charge >= 0.3 is 5.97 Å². The average Bonchev–Trinajstić information content (AvgIpc) is 2.73. The Kier molecular flexibility index (Phi) is 6.40. The maximum atomic E-state index is 13.3. The number of carboxylic acids is 1. The molecule has 0 bridgehead atoms. The molecule has 156 valence electrons. The van der Waals surface area contributed by atoms with Crippen molar-refractivity contribution in [1.82, 2.24) is 0 Å². The largest absolute Gasteiger partial charge is 0.497 e. The zero-order chi connectivity index (χ0) is 21.9. The van der Waals surface area contributed by atoms with Crippen molar-refractivity contribution in [2.45, 2.75) is 4.90 Å². The summed E-state index contributed by atoms with van der Waals surface area (Å²) < 4.78 is 32.4. The SMILES string of the molecule is COc1ccc(N(Oc2ccc(Cl)cc2Cl)S(=O)(=O)c2ccc(C(=O)O)cc2)cc1. The van der Waals surface area contributed by atoms with Gasteiger partial charge in [0.25, 0.3) is 10.0 Å². The van der Waals surface area contributed by atoms with Crippen LogP contribution in [0.4, 0.5) is 5.69 Å². The van der Waals surface area contributed by atoms with Crippen LogP contribution in [0.15, 0.2) is 71.6 Å². The van der Waals surface area contributed by atoms with E-state index >= 15 is 0 Å². The van der Waals surface area contributed by atoms with Gasteiger partial charge in [-0.1, -0.05) is 27.7 Å². The first-order valence-electron chi connectivity index (χ1n) is 8.38. The molecule has 0 aliphatic rings. The van der Waals surface area contributed by atoms with Crippen molar-refractivity contribution < 1.29 is 27.9 Å². The molecule has 0 radical (unpaired) electrons. The van der Waals surface area contributed by atoms with Gasteiger partial charge in [-0.15, -0.1) is 0 Å². The number of sulfonamides is 1. The molecule has 3 aromatic carbocycles. The Bertz CT molecular complexity index is 1160. The van der Waals surface area contributed by atoms with Crippen LogP contribution in [0, 0.1) is 0 Å². The van der Waals surface area contributed by atoms with E-state index in [0.29, 0.717) is 15.2 Å². The second-order valence-electron chi connectivity index (χ2n) is 5.93. The van der Waals surface area contributed by atoms with Crippen LogP contribution < -0.4 is 14.0 Å².